The van der Waals surface area contributed by atoms with E-state index in [2.05, 4.69) is 32.3 Å². The minimum atomic E-state index is -3.47. The fourth-order valence-electron chi connectivity index (χ4n) is 2.36. The monoisotopic (exact) mass is 484 g/mol. The highest BCUT2D eigenvalue weighted by Gasteiger charge is 2.14. The number of thiazole rings is 1. The number of rotatable bonds is 6. The van der Waals surface area contributed by atoms with Gasteiger partial charge in [-0.3, -0.25) is 0 Å². The lowest BCUT2D eigenvalue weighted by atomic mass is 10.2. The Balaban J connectivity index is 1.66. The Bertz CT molecular complexity index is 953. The highest BCUT2D eigenvalue weighted by Crippen LogP contribution is 2.27. The van der Waals surface area contributed by atoms with E-state index in [1.807, 2.05) is 37.3 Å². The molecule has 3 rings (SSSR count). The van der Waals surface area contributed by atoms with Gasteiger partial charge < -0.3 is 0 Å². The quantitative estimate of drug-likeness (QED) is 0.533. The minimum absolute atomic E-state index is 0.291. The van der Waals surface area contributed by atoms with Crippen molar-refractivity contribution < 1.29 is 8.42 Å². The fourth-order valence-corrected chi connectivity index (χ4v) is 4.82. The molecule has 0 aliphatic rings. The van der Waals surface area contributed by atoms with Crippen LogP contribution in [0.5, 0.6) is 0 Å². The maximum atomic E-state index is 12.3. The van der Waals surface area contributed by atoms with Gasteiger partial charge in [0.25, 0.3) is 0 Å². The van der Waals surface area contributed by atoms with Crippen LogP contribution in [0.2, 0.25) is 0 Å². The Morgan fingerprint density at radius 2 is 1.76 bits per heavy atom. The van der Waals surface area contributed by atoms with Crippen molar-refractivity contribution in [2.75, 3.05) is 6.54 Å². The molecular weight excluding hydrogens is 467 g/mol. The zero-order valence-electron chi connectivity index (χ0n) is 13.6. The van der Waals surface area contributed by atoms with Gasteiger partial charge in [-0.05, 0) is 60.2 Å². The molecule has 0 saturated heterocycles. The first-order valence-electron chi connectivity index (χ1n) is 7.73. The second-order valence-electron chi connectivity index (χ2n) is 5.50. The average molecular weight is 484 g/mol. The summed E-state index contributed by atoms with van der Waals surface area (Å²) in [6, 6.07) is 16.8. The Morgan fingerprint density at radius 3 is 2.44 bits per heavy atom. The molecule has 0 amide bonds. The smallest absolute Gasteiger partial charge is 0.240 e. The summed E-state index contributed by atoms with van der Waals surface area (Å²) in [6.45, 7) is 2.32. The van der Waals surface area contributed by atoms with E-state index in [1.165, 1.54) is 0 Å². The van der Waals surface area contributed by atoms with Crippen molar-refractivity contribution in [2.24, 2.45) is 0 Å². The van der Waals surface area contributed by atoms with Crippen LogP contribution in [0.4, 0.5) is 0 Å². The number of aryl methyl sites for hydroxylation is 1. The lowest BCUT2D eigenvalue weighted by Gasteiger charge is -2.06. The highest BCUT2D eigenvalue weighted by molar-refractivity contribution is 14.1. The molecule has 0 saturated carbocycles. The molecule has 1 heterocycles. The third kappa shape index (κ3) is 4.66. The molecule has 0 atom stereocenters. The van der Waals surface area contributed by atoms with E-state index >= 15 is 0 Å². The van der Waals surface area contributed by atoms with E-state index in [4.69, 9.17) is 0 Å². The van der Waals surface area contributed by atoms with Gasteiger partial charge in [0.15, 0.2) is 0 Å². The van der Waals surface area contributed by atoms with Crippen molar-refractivity contribution >= 4 is 44.0 Å². The summed E-state index contributed by atoms with van der Waals surface area (Å²) in [5, 5.41) is 0.966. The molecule has 2 aromatic carbocycles. The van der Waals surface area contributed by atoms with Crippen molar-refractivity contribution in [1.29, 1.82) is 0 Å². The summed E-state index contributed by atoms with van der Waals surface area (Å²) in [6.07, 6.45) is 0.625. The molecule has 0 spiro atoms. The molecule has 1 N–H and O–H groups in total. The molecule has 25 heavy (non-hydrogen) atoms. The van der Waals surface area contributed by atoms with E-state index in [-0.39, 0.29) is 0 Å². The fraction of sp³-hybridized carbons (Fsp3) is 0.167. The van der Waals surface area contributed by atoms with Crippen molar-refractivity contribution in [3.8, 4) is 10.6 Å². The van der Waals surface area contributed by atoms with Crippen LogP contribution in [-0.2, 0) is 16.4 Å². The number of sulfonamides is 1. The molecule has 0 unspecified atom stereocenters. The van der Waals surface area contributed by atoms with Crippen LogP contribution in [0.15, 0.2) is 59.5 Å². The standard InChI is InChI=1S/C18H17IN2O2S2/c1-13-17(24-18(21-13)14-5-3-2-4-6-14)11-12-20-25(22,23)16-9-7-15(19)8-10-16/h2-10,20H,11-12H2,1H3. The lowest BCUT2D eigenvalue weighted by molar-refractivity contribution is 0.581. The van der Waals surface area contributed by atoms with Gasteiger partial charge in [-0.1, -0.05) is 30.3 Å². The van der Waals surface area contributed by atoms with Crippen LogP contribution >= 0.6 is 33.9 Å². The molecular formula is C18H17IN2O2S2. The number of halogens is 1. The third-order valence-electron chi connectivity index (χ3n) is 3.68. The van der Waals surface area contributed by atoms with E-state index in [0.29, 0.717) is 17.9 Å². The van der Waals surface area contributed by atoms with Crippen LogP contribution in [0, 0.1) is 10.5 Å². The Kier molecular flexibility index (Phi) is 5.88. The number of benzene rings is 2. The molecule has 0 radical (unpaired) electrons. The first-order chi connectivity index (χ1) is 12.0. The molecule has 0 aliphatic carbocycles. The van der Waals surface area contributed by atoms with Gasteiger partial charge in [0.1, 0.15) is 5.01 Å². The van der Waals surface area contributed by atoms with Gasteiger partial charge in [0, 0.05) is 20.6 Å². The van der Waals surface area contributed by atoms with Crippen molar-refractivity contribution in [2.45, 2.75) is 18.2 Å². The van der Waals surface area contributed by atoms with Gasteiger partial charge in [0.05, 0.1) is 10.6 Å². The van der Waals surface area contributed by atoms with Crippen LogP contribution in [0.3, 0.4) is 0 Å². The van der Waals surface area contributed by atoms with Crippen molar-refractivity contribution in [3.05, 3.63) is 68.7 Å². The number of nitrogens with one attached hydrogen (secondary N) is 1. The maximum absolute atomic E-state index is 12.3. The zero-order chi connectivity index (χ0) is 17.9. The van der Waals surface area contributed by atoms with E-state index in [0.717, 1.165) is 24.7 Å². The molecule has 1 aromatic heterocycles. The summed E-state index contributed by atoms with van der Waals surface area (Å²) >= 11 is 3.76. The number of hydrogen-bond donors (Lipinski definition) is 1. The third-order valence-corrected chi connectivity index (χ3v) is 7.14. The summed E-state index contributed by atoms with van der Waals surface area (Å²) in [4.78, 5) is 6.00. The number of aromatic nitrogens is 1. The van der Waals surface area contributed by atoms with Crippen molar-refractivity contribution in [1.82, 2.24) is 9.71 Å². The summed E-state index contributed by atoms with van der Waals surface area (Å²) in [7, 11) is -3.47. The first-order valence-corrected chi connectivity index (χ1v) is 11.1. The largest absolute Gasteiger partial charge is 0.241 e. The molecule has 0 bridgehead atoms. The molecule has 0 aliphatic heterocycles. The highest BCUT2D eigenvalue weighted by atomic mass is 127. The molecule has 0 fully saturated rings. The second-order valence-corrected chi connectivity index (χ2v) is 9.59. The maximum Gasteiger partial charge on any atom is 0.240 e. The van der Waals surface area contributed by atoms with E-state index < -0.39 is 10.0 Å². The molecule has 3 aromatic rings. The SMILES string of the molecule is Cc1nc(-c2ccccc2)sc1CCNS(=O)(=O)c1ccc(I)cc1. The van der Waals surface area contributed by atoms with Gasteiger partial charge >= 0.3 is 0 Å². The molecule has 4 nitrogen and oxygen atoms in total. The topological polar surface area (TPSA) is 59.1 Å². The normalized spacial score (nSPS) is 11.6. The zero-order valence-corrected chi connectivity index (χ0v) is 17.4. The Morgan fingerprint density at radius 1 is 1.08 bits per heavy atom. The number of hydrogen-bond acceptors (Lipinski definition) is 4. The Hall–Kier alpha value is -1.29. The van der Waals surface area contributed by atoms with E-state index in [9.17, 15) is 8.42 Å². The van der Waals surface area contributed by atoms with E-state index in [1.54, 1.807) is 35.6 Å². The summed E-state index contributed by atoms with van der Waals surface area (Å²) < 4.78 is 28.3. The van der Waals surface area contributed by atoms with Gasteiger partial charge in [-0.15, -0.1) is 11.3 Å². The van der Waals surface area contributed by atoms with Gasteiger partial charge in [-0.25, -0.2) is 18.1 Å². The number of nitrogens with zero attached hydrogens (tertiary/aromatic N) is 1. The summed E-state index contributed by atoms with van der Waals surface area (Å²) in [5.41, 5.74) is 2.04. The van der Waals surface area contributed by atoms with Crippen LogP contribution in [0.1, 0.15) is 10.6 Å². The predicted octanol–water partition coefficient (Wildman–Crippen LogP) is 4.24. The second kappa shape index (κ2) is 7.94. The van der Waals surface area contributed by atoms with Crippen LogP contribution in [0.25, 0.3) is 10.6 Å². The first kappa shape index (κ1) is 18.5. The molecule has 7 heteroatoms. The predicted molar refractivity (Wildman–Crippen MR) is 110 cm³/mol. The average Bonchev–Trinajstić information content (AvgIpc) is 2.97. The van der Waals surface area contributed by atoms with Crippen molar-refractivity contribution in [3.63, 3.8) is 0 Å². The summed E-state index contributed by atoms with van der Waals surface area (Å²) in [5.74, 6) is 0. The lowest BCUT2D eigenvalue weighted by Crippen LogP contribution is -2.25. The van der Waals surface area contributed by atoms with Crippen LogP contribution in [-0.4, -0.2) is 19.9 Å². The minimum Gasteiger partial charge on any atom is -0.241 e. The molecule has 130 valence electrons. The Labute approximate surface area is 165 Å². The van der Waals surface area contributed by atoms with Crippen LogP contribution < -0.4 is 4.72 Å². The van der Waals surface area contributed by atoms with Gasteiger partial charge in [-0.2, -0.15) is 0 Å². The van der Waals surface area contributed by atoms with Gasteiger partial charge in [0.2, 0.25) is 10.0 Å².